The number of nitrogens with zero attached hydrogens (tertiary/aromatic N) is 5. The van der Waals surface area contributed by atoms with Crippen molar-refractivity contribution in [2.45, 2.75) is 45.9 Å². The van der Waals surface area contributed by atoms with Crippen LogP contribution in [0.2, 0.25) is 0 Å². The molecule has 0 fully saturated rings. The lowest BCUT2D eigenvalue weighted by atomic mass is 10.1. The van der Waals surface area contributed by atoms with Gasteiger partial charge in [0.15, 0.2) is 5.82 Å². The van der Waals surface area contributed by atoms with Crippen molar-refractivity contribution >= 4 is 10.9 Å². The van der Waals surface area contributed by atoms with Crippen LogP contribution in [-0.2, 0) is 19.6 Å². The molecule has 4 heterocycles. The standard InChI is InChI=1S/C25H26N6O3/c1-3-22(24-27-28-29-31(24)16-21-10-6-12-34-21)30(15-20-9-5-11-33-20)14-19-13-18-8-4-7-17(2)23(18)26-25(19)32/h4-13,22H,3,14-16H2,1-2H3,(H,26,32)/t22-/m1/s1. The Morgan fingerprint density at radius 2 is 1.85 bits per heavy atom. The summed E-state index contributed by atoms with van der Waals surface area (Å²) in [7, 11) is 0. The maximum absolute atomic E-state index is 13.0. The Hall–Kier alpha value is -3.98. The summed E-state index contributed by atoms with van der Waals surface area (Å²) in [6.07, 6.45) is 4.03. The van der Waals surface area contributed by atoms with Crippen LogP contribution >= 0.6 is 0 Å². The SMILES string of the molecule is CC[C@H](c1nnnn1Cc1ccco1)N(Cc1ccco1)Cc1cc2cccc(C)c2[nH]c1=O. The quantitative estimate of drug-likeness (QED) is 0.353. The highest BCUT2D eigenvalue weighted by Gasteiger charge is 2.27. The minimum absolute atomic E-state index is 0.101. The largest absolute Gasteiger partial charge is 0.468 e. The lowest BCUT2D eigenvalue weighted by molar-refractivity contribution is 0.149. The number of H-pyrrole nitrogens is 1. The minimum Gasteiger partial charge on any atom is -0.468 e. The van der Waals surface area contributed by atoms with Gasteiger partial charge in [0.1, 0.15) is 18.1 Å². The Labute approximate surface area is 196 Å². The monoisotopic (exact) mass is 458 g/mol. The fraction of sp³-hybridized carbons (Fsp3) is 0.280. The van der Waals surface area contributed by atoms with Crippen LogP contribution in [0.1, 0.15) is 47.9 Å². The fourth-order valence-electron chi connectivity index (χ4n) is 4.36. The van der Waals surface area contributed by atoms with E-state index in [1.807, 2.05) is 55.5 Å². The molecular formula is C25H26N6O3. The molecule has 0 unspecified atom stereocenters. The number of aromatic nitrogens is 5. The zero-order valence-electron chi connectivity index (χ0n) is 19.1. The second-order valence-corrected chi connectivity index (χ2v) is 8.35. The molecule has 1 atom stereocenters. The number of benzene rings is 1. The first-order valence-electron chi connectivity index (χ1n) is 11.3. The summed E-state index contributed by atoms with van der Waals surface area (Å²) in [6.45, 7) is 5.42. The van der Waals surface area contributed by atoms with E-state index < -0.39 is 0 Å². The number of hydrogen-bond acceptors (Lipinski definition) is 7. The number of aromatic amines is 1. The molecule has 0 radical (unpaired) electrons. The number of aryl methyl sites for hydroxylation is 1. The molecule has 0 spiro atoms. The van der Waals surface area contributed by atoms with Gasteiger partial charge in [0, 0.05) is 12.1 Å². The van der Waals surface area contributed by atoms with Crippen LogP contribution in [0.4, 0.5) is 0 Å². The molecule has 0 bridgehead atoms. The van der Waals surface area contributed by atoms with Crippen molar-refractivity contribution in [3.63, 3.8) is 0 Å². The van der Waals surface area contributed by atoms with E-state index in [0.29, 0.717) is 31.0 Å². The lowest BCUT2D eigenvalue weighted by Crippen LogP contribution is -2.32. The molecule has 5 rings (SSSR count). The van der Waals surface area contributed by atoms with Crippen molar-refractivity contribution in [2.75, 3.05) is 0 Å². The topological polar surface area (TPSA) is 106 Å². The zero-order valence-corrected chi connectivity index (χ0v) is 19.1. The Balaban J connectivity index is 1.51. The van der Waals surface area contributed by atoms with Gasteiger partial charge in [-0.1, -0.05) is 25.1 Å². The number of rotatable bonds is 9. The summed E-state index contributed by atoms with van der Waals surface area (Å²) in [5, 5.41) is 13.5. The second-order valence-electron chi connectivity index (χ2n) is 8.35. The van der Waals surface area contributed by atoms with Gasteiger partial charge in [0.05, 0.1) is 30.6 Å². The average molecular weight is 459 g/mol. The van der Waals surface area contributed by atoms with Gasteiger partial charge in [0.25, 0.3) is 5.56 Å². The van der Waals surface area contributed by atoms with Gasteiger partial charge in [-0.2, -0.15) is 0 Å². The second kappa shape index (κ2) is 9.48. The summed E-state index contributed by atoms with van der Waals surface area (Å²) >= 11 is 0. The van der Waals surface area contributed by atoms with E-state index in [2.05, 4.69) is 32.3 Å². The Bertz CT molecular complexity index is 1420. The predicted octanol–water partition coefficient (Wildman–Crippen LogP) is 4.21. The zero-order chi connectivity index (χ0) is 23.5. The third-order valence-electron chi connectivity index (χ3n) is 6.05. The van der Waals surface area contributed by atoms with Crippen molar-refractivity contribution in [3.8, 4) is 0 Å². The molecule has 0 aliphatic carbocycles. The van der Waals surface area contributed by atoms with Gasteiger partial charge in [-0.3, -0.25) is 9.69 Å². The molecule has 9 heteroatoms. The molecule has 4 aromatic heterocycles. The third-order valence-corrected chi connectivity index (χ3v) is 6.05. The van der Waals surface area contributed by atoms with Crippen molar-refractivity contribution in [2.24, 2.45) is 0 Å². The van der Waals surface area contributed by atoms with Crippen LogP contribution in [0.15, 0.2) is 74.7 Å². The van der Waals surface area contributed by atoms with Crippen molar-refractivity contribution in [1.82, 2.24) is 30.1 Å². The van der Waals surface area contributed by atoms with E-state index >= 15 is 0 Å². The lowest BCUT2D eigenvalue weighted by Gasteiger charge is -2.29. The van der Waals surface area contributed by atoms with Crippen LogP contribution in [0.5, 0.6) is 0 Å². The number of pyridine rings is 1. The van der Waals surface area contributed by atoms with Crippen LogP contribution < -0.4 is 5.56 Å². The van der Waals surface area contributed by atoms with Crippen LogP contribution in [0.25, 0.3) is 10.9 Å². The molecule has 34 heavy (non-hydrogen) atoms. The van der Waals surface area contributed by atoms with E-state index in [4.69, 9.17) is 8.83 Å². The highest BCUT2D eigenvalue weighted by molar-refractivity contribution is 5.81. The summed E-state index contributed by atoms with van der Waals surface area (Å²) in [5.41, 5.74) is 2.48. The summed E-state index contributed by atoms with van der Waals surface area (Å²) in [5.74, 6) is 2.28. The first kappa shape index (κ1) is 21.8. The molecule has 0 saturated carbocycles. The van der Waals surface area contributed by atoms with Crippen LogP contribution in [0, 0.1) is 6.92 Å². The number of furan rings is 2. The molecule has 0 aliphatic heterocycles. The highest BCUT2D eigenvalue weighted by Crippen LogP contribution is 2.27. The van der Waals surface area contributed by atoms with Gasteiger partial charge in [-0.05, 0) is 65.1 Å². The van der Waals surface area contributed by atoms with E-state index in [-0.39, 0.29) is 11.6 Å². The number of nitrogens with one attached hydrogen (secondary N) is 1. The number of tetrazole rings is 1. The number of hydrogen-bond donors (Lipinski definition) is 1. The van der Waals surface area contributed by atoms with E-state index in [0.717, 1.165) is 34.4 Å². The molecular weight excluding hydrogens is 432 g/mol. The molecule has 0 aliphatic rings. The predicted molar refractivity (Wildman–Crippen MR) is 126 cm³/mol. The highest BCUT2D eigenvalue weighted by atomic mass is 16.3. The van der Waals surface area contributed by atoms with E-state index in [9.17, 15) is 4.79 Å². The molecule has 0 amide bonds. The third kappa shape index (κ3) is 4.42. The van der Waals surface area contributed by atoms with Crippen molar-refractivity contribution in [1.29, 1.82) is 0 Å². The Morgan fingerprint density at radius 3 is 2.59 bits per heavy atom. The van der Waals surface area contributed by atoms with Gasteiger partial charge in [-0.15, -0.1) is 5.10 Å². The van der Waals surface area contributed by atoms with E-state index in [1.165, 1.54) is 0 Å². The molecule has 174 valence electrons. The maximum Gasteiger partial charge on any atom is 0.252 e. The summed E-state index contributed by atoms with van der Waals surface area (Å²) in [6, 6.07) is 15.3. The van der Waals surface area contributed by atoms with Gasteiger partial charge in [0.2, 0.25) is 0 Å². The van der Waals surface area contributed by atoms with Crippen molar-refractivity contribution < 1.29 is 8.83 Å². The molecule has 5 aromatic rings. The fourth-order valence-corrected chi connectivity index (χ4v) is 4.36. The first-order valence-corrected chi connectivity index (χ1v) is 11.3. The number of fused-ring (bicyclic) bond motifs is 1. The molecule has 1 N–H and O–H groups in total. The van der Waals surface area contributed by atoms with E-state index in [1.54, 1.807) is 17.2 Å². The smallest absolute Gasteiger partial charge is 0.252 e. The van der Waals surface area contributed by atoms with Crippen LogP contribution in [0.3, 0.4) is 0 Å². The Kier molecular flexibility index (Phi) is 6.09. The van der Waals surface area contributed by atoms with Gasteiger partial charge < -0.3 is 13.8 Å². The number of para-hydroxylation sites is 1. The first-order chi connectivity index (χ1) is 16.6. The van der Waals surface area contributed by atoms with Crippen molar-refractivity contribution in [3.05, 3.63) is 99.9 Å². The normalized spacial score (nSPS) is 12.6. The van der Waals surface area contributed by atoms with Gasteiger partial charge >= 0.3 is 0 Å². The summed E-state index contributed by atoms with van der Waals surface area (Å²) in [4.78, 5) is 18.3. The Morgan fingerprint density at radius 1 is 1.06 bits per heavy atom. The van der Waals surface area contributed by atoms with Gasteiger partial charge in [-0.25, -0.2) is 4.68 Å². The van der Waals surface area contributed by atoms with Crippen LogP contribution in [-0.4, -0.2) is 30.1 Å². The average Bonchev–Trinajstić information content (AvgIpc) is 3.60. The molecule has 0 saturated heterocycles. The maximum atomic E-state index is 13.0. The summed E-state index contributed by atoms with van der Waals surface area (Å²) < 4.78 is 12.9. The molecule has 9 nitrogen and oxygen atoms in total. The minimum atomic E-state index is -0.150. The molecule has 1 aromatic carbocycles.